The van der Waals surface area contributed by atoms with Crippen molar-refractivity contribution in [3.8, 4) is 0 Å². The first-order valence-corrected chi connectivity index (χ1v) is 15.5. The number of amides is 3. The molecule has 3 heterocycles. The molecule has 2 aliphatic heterocycles. The fourth-order valence-electron chi connectivity index (χ4n) is 5.33. The van der Waals surface area contributed by atoms with Gasteiger partial charge in [0.1, 0.15) is 5.60 Å². The van der Waals surface area contributed by atoms with Crippen LogP contribution in [0.1, 0.15) is 56.7 Å². The monoisotopic (exact) mass is 664 g/mol. The minimum atomic E-state index is -4.57. The molecule has 9 nitrogen and oxygen atoms in total. The summed E-state index contributed by atoms with van der Waals surface area (Å²) in [4.78, 5) is 40.1. The smallest absolute Gasteiger partial charge is 0.416 e. The van der Waals surface area contributed by atoms with E-state index >= 15 is 0 Å². The summed E-state index contributed by atoms with van der Waals surface area (Å²) >= 11 is 6.63. The Morgan fingerprint density at radius 1 is 1.20 bits per heavy atom. The highest BCUT2D eigenvalue weighted by atomic mass is 35.5. The zero-order valence-corrected chi connectivity index (χ0v) is 26.4. The van der Waals surface area contributed by atoms with Crippen LogP contribution in [0.15, 0.2) is 47.5 Å². The number of carbonyl (C=O) groups excluding carboxylic acids is 3. The summed E-state index contributed by atoms with van der Waals surface area (Å²) in [5, 5.41) is 7.41. The molecule has 0 aliphatic carbocycles. The van der Waals surface area contributed by atoms with E-state index in [0.29, 0.717) is 42.3 Å². The second-order valence-electron chi connectivity index (χ2n) is 12.1. The first kappa shape index (κ1) is 32.8. The van der Waals surface area contributed by atoms with E-state index in [9.17, 15) is 27.6 Å². The van der Waals surface area contributed by atoms with E-state index in [-0.39, 0.29) is 35.2 Å². The number of hydrogen-bond acceptors (Lipinski definition) is 7. The molecule has 5 rings (SSSR count). The van der Waals surface area contributed by atoms with Gasteiger partial charge in [0.05, 0.1) is 40.9 Å². The molecule has 1 unspecified atom stereocenters. The third-order valence-electron chi connectivity index (χ3n) is 7.44. The average molecular weight is 665 g/mol. The molecule has 2 aliphatic rings. The van der Waals surface area contributed by atoms with Crippen molar-refractivity contribution in [2.45, 2.75) is 63.9 Å². The highest BCUT2D eigenvalue weighted by molar-refractivity contribution is 8.18. The number of fused-ring (bicyclic) bond motifs is 1. The van der Waals surface area contributed by atoms with Gasteiger partial charge in [-0.3, -0.25) is 19.2 Å². The molecule has 0 saturated carbocycles. The average Bonchev–Trinajstić information content (AvgIpc) is 3.46. The van der Waals surface area contributed by atoms with Gasteiger partial charge in [0.2, 0.25) is 0 Å². The van der Waals surface area contributed by atoms with Crippen LogP contribution in [0.25, 0.3) is 17.0 Å². The van der Waals surface area contributed by atoms with Gasteiger partial charge in [-0.2, -0.15) is 18.3 Å². The van der Waals surface area contributed by atoms with Crippen LogP contribution >= 0.6 is 23.4 Å². The van der Waals surface area contributed by atoms with Gasteiger partial charge in [-0.1, -0.05) is 23.7 Å². The first-order chi connectivity index (χ1) is 21.1. The number of rotatable bonds is 7. The topological polar surface area (TPSA) is 103 Å². The zero-order chi connectivity index (χ0) is 32.6. The molecule has 3 aromatic rings. The maximum atomic E-state index is 13.6. The van der Waals surface area contributed by atoms with Gasteiger partial charge < -0.3 is 14.8 Å². The Morgan fingerprint density at radius 2 is 1.98 bits per heavy atom. The molecule has 240 valence electrons. The lowest BCUT2D eigenvalue weighted by atomic mass is 9.88. The first-order valence-electron chi connectivity index (χ1n) is 14.3. The second kappa shape index (κ2) is 12.7. The minimum Gasteiger partial charge on any atom is -0.444 e. The number of halogens is 4. The van der Waals surface area contributed by atoms with Gasteiger partial charge >= 0.3 is 12.3 Å². The van der Waals surface area contributed by atoms with Crippen molar-refractivity contribution < 1.29 is 37.0 Å². The number of thioether (sulfide) groups is 1. The van der Waals surface area contributed by atoms with E-state index < -0.39 is 40.1 Å². The van der Waals surface area contributed by atoms with Gasteiger partial charge in [-0.05, 0) is 93.3 Å². The van der Waals surface area contributed by atoms with Crippen molar-refractivity contribution in [1.82, 2.24) is 20.0 Å². The maximum absolute atomic E-state index is 13.6. The summed E-state index contributed by atoms with van der Waals surface area (Å²) < 4.78 is 53.3. The highest BCUT2D eigenvalue weighted by Gasteiger charge is 2.40. The normalized spacial score (nSPS) is 20.3. The number of benzene rings is 2. The van der Waals surface area contributed by atoms with Gasteiger partial charge in [0.25, 0.3) is 11.1 Å². The lowest BCUT2D eigenvalue weighted by Gasteiger charge is -2.38. The Bertz CT molecular complexity index is 1660. The minimum absolute atomic E-state index is 0.00886. The van der Waals surface area contributed by atoms with Crippen molar-refractivity contribution in [2.24, 2.45) is 0 Å². The van der Waals surface area contributed by atoms with Crippen molar-refractivity contribution in [3.63, 3.8) is 0 Å². The molecule has 0 bridgehead atoms. The molecular formula is C31H32ClF3N4O5S. The second-order valence-corrected chi connectivity index (χ2v) is 13.5. The summed E-state index contributed by atoms with van der Waals surface area (Å²) in [5.74, 6) is -0.452. The summed E-state index contributed by atoms with van der Waals surface area (Å²) in [6.07, 6.45) is -0.409. The molecule has 3 amide bonds. The molecule has 1 N–H and O–H groups in total. The highest BCUT2D eigenvalue weighted by Crippen LogP contribution is 2.36. The fourth-order valence-corrected chi connectivity index (χ4v) is 6.37. The zero-order valence-electron chi connectivity index (χ0n) is 24.9. The van der Waals surface area contributed by atoms with Crippen LogP contribution in [0, 0.1) is 0 Å². The maximum Gasteiger partial charge on any atom is 0.416 e. The molecule has 0 spiro atoms. The number of imide groups is 1. The number of alkyl carbamates (subject to hydrolysis) is 1. The standard InChI is InChI=1S/C31H32ClF3N4O5S/c1-29(2,3)44-27(41)37-30(9-4-12-43-18-30)10-11-38-26(40)25(45-28(38)42)14-19-5-8-24-21(13-19)16-36-39(24)17-20-6-7-22(32)15-23(20)31(33,34)35/h5-8,13-16H,4,9-12,17-18H2,1-3H3,(H,37,41). The lowest BCUT2D eigenvalue weighted by molar-refractivity contribution is -0.138. The van der Waals surface area contributed by atoms with E-state index in [0.717, 1.165) is 22.7 Å². The van der Waals surface area contributed by atoms with Crippen LogP contribution in [0.2, 0.25) is 5.02 Å². The van der Waals surface area contributed by atoms with E-state index in [4.69, 9.17) is 21.1 Å². The summed E-state index contributed by atoms with van der Waals surface area (Å²) in [7, 11) is 0. The quantitative estimate of drug-likeness (QED) is 0.265. The van der Waals surface area contributed by atoms with E-state index in [2.05, 4.69) is 10.4 Å². The SMILES string of the molecule is CC(C)(C)OC(=O)NC1(CCN2C(=O)SC(=Cc3ccc4c(cnn4Cc4ccc(Cl)cc4C(F)(F)F)c3)C2=O)CCCOC1. The molecule has 1 aromatic heterocycles. The predicted molar refractivity (Wildman–Crippen MR) is 165 cm³/mol. The molecule has 45 heavy (non-hydrogen) atoms. The molecule has 14 heteroatoms. The van der Waals surface area contributed by atoms with Crippen LogP contribution in [0.5, 0.6) is 0 Å². The van der Waals surface area contributed by atoms with Crippen LogP contribution in [-0.2, 0) is 27.0 Å². The molecule has 0 radical (unpaired) electrons. The van der Waals surface area contributed by atoms with Crippen molar-refractivity contribution in [2.75, 3.05) is 19.8 Å². The summed E-state index contributed by atoms with van der Waals surface area (Å²) in [6.45, 7) is 6.05. The number of nitrogens with zero attached hydrogens (tertiary/aromatic N) is 3. The summed E-state index contributed by atoms with van der Waals surface area (Å²) in [6, 6.07) is 8.80. The van der Waals surface area contributed by atoms with Crippen molar-refractivity contribution in [1.29, 1.82) is 0 Å². The number of nitrogens with one attached hydrogen (secondary N) is 1. The number of ether oxygens (including phenoxy) is 2. The van der Waals surface area contributed by atoms with Crippen LogP contribution in [-0.4, -0.2) is 62.8 Å². The Balaban J connectivity index is 1.29. The van der Waals surface area contributed by atoms with E-state index in [1.54, 1.807) is 45.0 Å². The van der Waals surface area contributed by atoms with Gasteiger partial charge in [-0.15, -0.1) is 0 Å². The van der Waals surface area contributed by atoms with Gasteiger partial charge in [-0.25, -0.2) is 4.79 Å². The summed E-state index contributed by atoms with van der Waals surface area (Å²) in [5.41, 5.74) is -1.05. The molecule has 2 aromatic carbocycles. The third-order valence-corrected chi connectivity index (χ3v) is 8.58. The Morgan fingerprint density at radius 3 is 2.67 bits per heavy atom. The Kier molecular flexibility index (Phi) is 9.25. The van der Waals surface area contributed by atoms with Crippen molar-refractivity contribution in [3.05, 3.63) is 69.2 Å². The molecule has 1 atom stereocenters. The molecule has 2 fully saturated rings. The number of alkyl halides is 3. The van der Waals surface area contributed by atoms with Crippen LogP contribution in [0.3, 0.4) is 0 Å². The number of carbonyl (C=O) groups is 3. The van der Waals surface area contributed by atoms with Crippen molar-refractivity contribution >= 4 is 57.6 Å². The third kappa shape index (κ3) is 7.82. The number of hydrogen-bond donors (Lipinski definition) is 1. The van der Waals surface area contributed by atoms with Crippen LogP contribution in [0.4, 0.5) is 22.8 Å². The van der Waals surface area contributed by atoms with Gasteiger partial charge in [0, 0.05) is 23.6 Å². The Hall–Kier alpha value is -3.55. The molecule has 2 saturated heterocycles. The van der Waals surface area contributed by atoms with Gasteiger partial charge in [0.15, 0.2) is 0 Å². The van der Waals surface area contributed by atoms with Crippen LogP contribution < -0.4 is 5.32 Å². The lowest BCUT2D eigenvalue weighted by Crippen LogP contribution is -2.56. The molecular weight excluding hydrogens is 633 g/mol. The van der Waals surface area contributed by atoms with E-state index in [1.165, 1.54) is 23.0 Å². The predicted octanol–water partition coefficient (Wildman–Crippen LogP) is 7.26. The fraction of sp³-hybridized carbons (Fsp3) is 0.419. The largest absolute Gasteiger partial charge is 0.444 e. The Labute approximate surface area is 267 Å². The number of aromatic nitrogens is 2. The van der Waals surface area contributed by atoms with E-state index in [1.807, 2.05) is 0 Å².